The van der Waals surface area contributed by atoms with Crippen LogP contribution in [-0.2, 0) is 23.7 Å². The molecule has 0 aromatic rings. The molecule has 0 saturated carbocycles. The fraction of sp³-hybridized carbons (Fsp3) is 0.706. The van der Waals surface area contributed by atoms with Crippen molar-refractivity contribution in [2.45, 2.75) is 209 Å². The summed E-state index contributed by atoms with van der Waals surface area (Å²) in [5.41, 5.74) is 0. The fourth-order valence-electron chi connectivity index (χ4n) is 7.35. The zero-order valence-electron chi connectivity index (χ0n) is 39.2. The largest absolute Gasteiger partial charge is 0.394 e. The number of carbonyl (C=O) groups excluding carboxylic acids is 1. The molecule has 2 aliphatic rings. The molecule has 2 saturated heterocycles. The van der Waals surface area contributed by atoms with Crippen LogP contribution in [0.5, 0.6) is 0 Å². The molecule has 2 fully saturated rings. The highest BCUT2D eigenvalue weighted by Gasteiger charge is 2.51. The predicted octanol–water partition coefficient (Wildman–Crippen LogP) is 5.82. The van der Waals surface area contributed by atoms with E-state index < -0.39 is 86.8 Å². The van der Waals surface area contributed by atoms with E-state index in [1.165, 1.54) is 19.3 Å². The third-order valence-electron chi connectivity index (χ3n) is 11.3. The van der Waals surface area contributed by atoms with Crippen molar-refractivity contribution in [3.63, 3.8) is 0 Å². The minimum atomic E-state index is -1.79. The number of aliphatic hydroxyl groups excluding tert-OH is 8. The monoisotopic (exact) mass is 920 g/mol. The Bertz CT molecular complexity index is 1410. The summed E-state index contributed by atoms with van der Waals surface area (Å²) in [6, 6.07) is -0.931. The summed E-state index contributed by atoms with van der Waals surface area (Å²) in [5, 5.41) is 86.4. The van der Waals surface area contributed by atoms with Crippen molar-refractivity contribution in [2.75, 3.05) is 19.8 Å². The zero-order valence-corrected chi connectivity index (χ0v) is 39.2. The molecule has 0 spiro atoms. The number of ether oxygens (including phenoxy) is 4. The number of rotatable bonds is 35. The van der Waals surface area contributed by atoms with Crippen molar-refractivity contribution in [1.29, 1.82) is 0 Å². The van der Waals surface area contributed by atoms with Gasteiger partial charge in [0.2, 0.25) is 5.91 Å². The van der Waals surface area contributed by atoms with E-state index in [0.717, 1.165) is 89.9 Å². The first-order valence-electron chi connectivity index (χ1n) is 24.3. The Hall–Kier alpha value is -2.83. The lowest BCUT2D eigenvalue weighted by atomic mass is 9.97. The van der Waals surface area contributed by atoms with Crippen LogP contribution in [0.2, 0.25) is 0 Å². The molecule has 0 aromatic carbocycles. The molecule has 9 N–H and O–H groups in total. The van der Waals surface area contributed by atoms with Crippen LogP contribution in [0.15, 0.2) is 85.1 Å². The Labute approximate surface area is 389 Å². The van der Waals surface area contributed by atoms with Crippen LogP contribution in [0.1, 0.15) is 136 Å². The Morgan fingerprint density at radius 1 is 0.569 bits per heavy atom. The lowest BCUT2D eigenvalue weighted by Gasteiger charge is -2.46. The highest BCUT2D eigenvalue weighted by molar-refractivity contribution is 5.76. The standard InChI is InChI=1S/C51H85NO13/c1-3-5-7-9-11-13-14-15-16-17-18-19-20-21-22-23-24-25-26-27-29-31-33-35-43(56)52-39(40(55)34-32-30-28-12-10-8-6-4-2)38-62-50-48(61)46(59)49(42(37-54)64-50)65-51-47(60)45(58)44(57)41(36-53)63-51/h5,7,11,13,15-16,18-19,21-22,24-25,32,34,39-42,44-51,53-55,57-61H,3-4,6,8-10,12,14,17,20,23,26-31,33,35-38H2,1-2H3,(H,52,56)/b7-5-,13-11-,16-15-,19-18-,22-21-,25-24-,34-32+. The highest BCUT2D eigenvalue weighted by Crippen LogP contribution is 2.30. The average molecular weight is 920 g/mol. The maximum atomic E-state index is 13.1. The topological polar surface area (TPSA) is 228 Å². The summed E-state index contributed by atoms with van der Waals surface area (Å²) in [5.74, 6) is -0.273. The van der Waals surface area contributed by atoms with Crippen LogP contribution in [0.4, 0.5) is 0 Å². The van der Waals surface area contributed by atoms with Gasteiger partial charge in [-0.3, -0.25) is 4.79 Å². The van der Waals surface area contributed by atoms with E-state index in [9.17, 15) is 45.6 Å². The summed E-state index contributed by atoms with van der Waals surface area (Å²) in [6.07, 6.45) is 30.7. The number of amides is 1. The molecule has 0 aliphatic carbocycles. The second kappa shape index (κ2) is 37.2. The van der Waals surface area contributed by atoms with Crippen molar-refractivity contribution in [3.8, 4) is 0 Å². The van der Waals surface area contributed by atoms with Crippen LogP contribution in [0.3, 0.4) is 0 Å². The number of aliphatic hydroxyl groups is 8. The first-order chi connectivity index (χ1) is 31.6. The van der Waals surface area contributed by atoms with E-state index in [2.05, 4.69) is 92.1 Å². The van der Waals surface area contributed by atoms with Gasteiger partial charge in [-0.2, -0.15) is 0 Å². The molecule has 0 bridgehead atoms. The molecule has 65 heavy (non-hydrogen) atoms. The number of unbranched alkanes of at least 4 members (excludes halogenated alkanes) is 10. The molecule has 1 amide bonds. The van der Waals surface area contributed by atoms with Gasteiger partial charge in [0.1, 0.15) is 48.8 Å². The van der Waals surface area contributed by atoms with Gasteiger partial charge in [-0.1, -0.05) is 144 Å². The van der Waals surface area contributed by atoms with Crippen molar-refractivity contribution in [1.82, 2.24) is 5.32 Å². The Balaban J connectivity index is 1.80. The summed E-state index contributed by atoms with van der Waals surface area (Å²) < 4.78 is 22.6. The predicted molar refractivity (Wildman–Crippen MR) is 253 cm³/mol. The molecule has 2 rings (SSSR count). The fourth-order valence-corrected chi connectivity index (χ4v) is 7.35. The van der Waals surface area contributed by atoms with E-state index in [1.54, 1.807) is 6.08 Å². The van der Waals surface area contributed by atoms with E-state index in [0.29, 0.717) is 6.42 Å². The molecule has 12 atom stereocenters. The first-order valence-corrected chi connectivity index (χ1v) is 24.3. The van der Waals surface area contributed by atoms with Crippen molar-refractivity contribution in [3.05, 3.63) is 85.1 Å². The minimum absolute atomic E-state index is 0.245. The smallest absolute Gasteiger partial charge is 0.220 e. The van der Waals surface area contributed by atoms with Gasteiger partial charge in [0.05, 0.1) is 32.0 Å². The summed E-state index contributed by atoms with van der Waals surface area (Å²) in [6.45, 7) is 2.57. The van der Waals surface area contributed by atoms with Crippen molar-refractivity contribution >= 4 is 5.91 Å². The van der Waals surface area contributed by atoms with Gasteiger partial charge in [0, 0.05) is 6.42 Å². The summed E-state index contributed by atoms with van der Waals surface area (Å²) in [4.78, 5) is 13.1. The van der Waals surface area contributed by atoms with Gasteiger partial charge in [0.25, 0.3) is 0 Å². The van der Waals surface area contributed by atoms with Crippen LogP contribution < -0.4 is 5.32 Å². The highest BCUT2D eigenvalue weighted by atomic mass is 16.7. The number of nitrogens with one attached hydrogen (secondary N) is 1. The molecule has 2 aliphatic heterocycles. The quantitative estimate of drug-likeness (QED) is 0.0270. The normalized spacial score (nSPS) is 27.8. The van der Waals surface area contributed by atoms with Gasteiger partial charge in [-0.15, -0.1) is 0 Å². The molecule has 372 valence electrons. The Morgan fingerprint density at radius 2 is 1.06 bits per heavy atom. The molecule has 0 radical (unpaired) electrons. The molecular formula is C51H85NO13. The third-order valence-corrected chi connectivity index (χ3v) is 11.3. The van der Waals surface area contributed by atoms with E-state index in [-0.39, 0.29) is 18.9 Å². The third kappa shape index (κ3) is 24.7. The van der Waals surface area contributed by atoms with Crippen LogP contribution >= 0.6 is 0 Å². The van der Waals surface area contributed by atoms with Crippen molar-refractivity contribution < 1.29 is 64.6 Å². The SMILES string of the molecule is CC/C=C\C/C=C\C/C=C\C/C=C\C/C=C\C/C=C\CCCCCCC(=O)NC(COC1OC(CO)C(OC2OC(CO)C(O)C(O)C2O)C(O)C1O)C(O)/C=C/CCCCCCCC. The molecule has 0 aromatic heterocycles. The Kier molecular flexibility index (Phi) is 33.4. The first kappa shape index (κ1) is 58.3. The lowest BCUT2D eigenvalue weighted by molar-refractivity contribution is -0.359. The van der Waals surface area contributed by atoms with E-state index in [1.807, 2.05) is 6.08 Å². The second-order valence-corrected chi connectivity index (χ2v) is 16.9. The molecule has 12 unspecified atom stereocenters. The van der Waals surface area contributed by atoms with Crippen LogP contribution in [-0.4, -0.2) is 140 Å². The number of hydrogen-bond acceptors (Lipinski definition) is 13. The average Bonchev–Trinajstić information content (AvgIpc) is 3.30. The van der Waals surface area contributed by atoms with Crippen LogP contribution in [0, 0.1) is 0 Å². The van der Waals surface area contributed by atoms with Gasteiger partial charge in [0.15, 0.2) is 12.6 Å². The van der Waals surface area contributed by atoms with Gasteiger partial charge < -0.3 is 65.1 Å². The number of carbonyl (C=O) groups is 1. The van der Waals surface area contributed by atoms with Crippen LogP contribution in [0.25, 0.3) is 0 Å². The van der Waals surface area contributed by atoms with Gasteiger partial charge >= 0.3 is 0 Å². The number of allylic oxidation sites excluding steroid dienone is 13. The summed E-state index contributed by atoms with van der Waals surface area (Å²) in [7, 11) is 0. The lowest BCUT2D eigenvalue weighted by Crippen LogP contribution is -2.65. The van der Waals surface area contributed by atoms with Crippen molar-refractivity contribution in [2.24, 2.45) is 0 Å². The molecule has 14 heteroatoms. The van der Waals surface area contributed by atoms with Gasteiger partial charge in [-0.25, -0.2) is 0 Å². The Morgan fingerprint density at radius 3 is 1.63 bits per heavy atom. The second-order valence-electron chi connectivity index (χ2n) is 16.9. The van der Waals surface area contributed by atoms with E-state index in [4.69, 9.17) is 18.9 Å². The summed E-state index contributed by atoms with van der Waals surface area (Å²) >= 11 is 0. The van der Waals surface area contributed by atoms with Gasteiger partial charge in [-0.05, 0) is 70.6 Å². The zero-order chi connectivity index (χ0) is 47.5. The molecule has 14 nitrogen and oxygen atoms in total. The van der Waals surface area contributed by atoms with E-state index >= 15 is 0 Å². The molecular weight excluding hydrogens is 835 g/mol. The maximum absolute atomic E-state index is 13.1. The maximum Gasteiger partial charge on any atom is 0.220 e. The minimum Gasteiger partial charge on any atom is -0.394 e. The number of hydrogen-bond donors (Lipinski definition) is 9. The molecule has 2 heterocycles.